The van der Waals surface area contributed by atoms with Gasteiger partial charge in [0.1, 0.15) is 5.82 Å². The average molecular weight is 358 g/mol. The van der Waals surface area contributed by atoms with Gasteiger partial charge < -0.3 is 20.6 Å². The molecular weight excluding hydrogens is 328 g/mol. The van der Waals surface area contributed by atoms with Crippen molar-refractivity contribution >= 4 is 17.4 Å². The fourth-order valence-electron chi connectivity index (χ4n) is 5.10. The van der Waals surface area contributed by atoms with E-state index in [4.69, 9.17) is 5.73 Å². The van der Waals surface area contributed by atoms with Gasteiger partial charge in [0.25, 0.3) is 0 Å². The van der Waals surface area contributed by atoms with E-state index in [1.54, 1.807) is 6.20 Å². The number of aryl methyl sites for hydroxylation is 1. The molecule has 2 aliphatic heterocycles. The molecule has 1 aromatic heterocycles. The number of hydrogen-bond acceptors (Lipinski definition) is 5. The number of pyridine rings is 1. The van der Waals surface area contributed by atoms with E-state index >= 15 is 0 Å². The van der Waals surface area contributed by atoms with Gasteiger partial charge in [0.15, 0.2) is 0 Å². The molecule has 142 valence electrons. The molecule has 1 aromatic rings. The molecule has 0 atom stereocenters. The van der Waals surface area contributed by atoms with E-state index in [2.05, 4.69) is 14.8 Å². The molecule has 3 N–H and O–H groups in total. The number of rotatable bonds is 2. The van der Waals surface area contributed by atoms with Gasteiger partial charge in [0, 0.05) is 25.7 Å². The van der Waals surface area contributed by atoms with Crippen molar-refractivity contribution in [2.45, 2.75) is 64.0 Å². The number of carbonyl (C=O) groups is 1. The minimum Gasteiger partial charge on any atom is -0.397 e. The summed E-state index contributed by atoms with van der Waals surface area (Å²) in [6, 6.07) is 2.30. The van der Waals surface area contributed by atoms with Crippen LogP contribution in [-0.4, -0.2) is 52.7 Å². The predicted molar refractivity (Wildman–Crippen MR) is 102 cm³/mol. The van der Waals surface area contributed by atoms with Gasteiger partial charge in [-0.3, -0.25) is 4.79 Å². The van der Waals surface area contributed by atoms with Crippen LogP contribution in [-0.2, 0) is 4.79 Å². The molecule has 1 saturated carbocycles. The lowest BCUT2D eigenvalue weighted by atomic mass is 9.77. The maximum atomic E-state index is 13.2. The van der Waals surface area contributed by atoms with E-state index < -0.39 is 0 Å². The lowest BCUT2D eigenvalue weighted by Crippen LogP contribution is -2.47. The standard InChI is InChI=1S/C20H30N4O2/c1-14-12-15(21)13-22-18(14)23-9-6-20(7-10-23)8-11-24(19(20)26)16-2-4-17(25)5-3-16/h12-13,16-17,25H,2-11,21H2,1H3. The van der Waals surface area contributed by atoms with E-state index in [0.717, 1.165) is 76.0 Å². The highest BCUT2D eigenvalue weighted by molar-refractivity contribution is 5.85. The van der Waals surface area contributed by atoms with Crippen molar-refractivity contribution in [1.82, 2.24) is 9.88 Å². The molecule has 1 amide bonds. The summed E-state index contributed by atoms with van der Waals surface area (Å²) in [6.07, 6.45) is 7.89. The zero-order chi connectivity index (χ0) is 18.3. The Morgan fingerprint density at radius 2 is 1.81 bits per heavy atom. The summed E-state index contributed by atoms with van der Waals surface area (Å²) in [5.74, 6) is 1.36. The third-order valence-electron chi connectivity index (χ3n) is 6.74. The van der Waals surface area contributed by atoms with Crippen molar-refractivity contribution in [1.29, 1.82) is 0 Å². The second-order valence-corrected chi connectivity index (χ2v) is 8.39. The van der Waals surface area contributed by atoms with Crippen molar-refractivity contribution in [2.24, 2.45) is 5.41 Å². The van der Waals surface area contributed by atoms with Crippen LogP contribution in [0.1, 0.15) is 50.5 Å². The summed E-state index contributed by atoms with van der Waals surface area (Å²) >= 11 is 0. The molecule has 3 aliphatic rings. The van der Waals surface area contributed by atoms with Crippen LogP contribution in [0, 0.1) is 12.3 Å². The lowest BCUT2D eigenvalue weighted by Gasteiger charge is -2.40. The van der Waals surface area contributed by atoms with Crippen LogP contribution < -0.4 is 10.6 Å². The zero-order valence-electron chi connectivity index (χ0n) is 15.7. The lowest BCUT2D eigenvalue weighted by molar-refractivity contribution is -0.139. The molecule has 3 fully saturated rings. The van der Waals surface area contributed by atoms with Crippen LogP contribution in [0.25, 0.3) is 0 Å². The van der Waals surface area contributed by atoms with Crippen molar-refractivity contribution in [3.63, 3.8) is 0 Å². The highest BCUT2D eigenvalue weighted by atomic mass is 16.3. The Balaban J connectivity index is 1.41. The monoisotopic (exact) mass is 358 g/mol. The first-order valence-electron chi connectivity index (χ1n) is 9.95. The Bertz CT molecular complexity index is 676. The normalized spacial score (nSPS) is 28.8. The van der Waals surface area contributed by atoms with Gasteiger partial charge in [-0.05, 0) is 63.5 Å². The van der Waals surface area contributed by atoms with Gasteiger partial charge in [-0.2, -0.15) is 0 Å². The van der Waals surface area contributed by atoms with Gasteiger partial charge in [-0.1, -0.05) is 0 Å². The van der Waals surface area contributed by atoms with Gasteiger partial charge >= 0.3 is 0 Å². The van der Waals surface area contributed by atoms with Crippen molar-refractivity contribution in [3.05, 3.63) is 17.8 Å². The molecule has 0 aromatic carbocycles. The van der Waals surface area contributed by atoms with Crippen molar-refractivity contribution in [2.75, 3.05) is 30.3 Å². The number of nitrogen functional groups attached to an aromatic ring is 1. The van der Waals surface area contributed by atoms with Crippen LogP contribution in [0.4, 0.5) is 11.5 Å². The van der Waals surface area contributed by atoms with E-state index in [1.165, 1.54) is 0 Å². The maximum absolute atomic E-state index is 13.2. The van der Waals surface area contributed by atoms with Crippen molar-refractivity contribution < 1.29 is 9.90 Å². The molecule has 1 spiro atoms. The number of aliphatic hydroxyl groups is 1. The highest BCUT2D eigenvalue weighted by Crippen LogP contribution is 2.44. The molecule has 6 heteroatoms. The Kier molecular flexibility index (Phi) is 4.55. The maximum Gasteiger partial charge on any atom is 0.229 e. The second-order valence-electron chi connectivity index (χ2n) is 8.39. The molecule has 0 unspecified atom stereocenters. The minimum atomic E-state index is -0.172. The number of hydrogen-bond donors (Lipinski definition) is 2. The van der Waals surface area contributed by atoms with Crippen LogP contribution in [0.2, 0.25) is 0 Å². The molecule has 1 aliphatic carbocycles. The van der Waals surface area contributed by atoms with Gasteiger partial charge in [-0.15, -0.1) is 0 Å². The topological polar surface area (TPSA) is 82.7 Å². The number of carbonyl (C=O) groups excluding carboxylic acids is 1. The van der Waals surface area contributed by atoms with Crippen LogP contribution in [0.3, 0.4) is 0 Å². The predicted octanol–water partition coefficient (Wildman–Crippen LogP) is 2.09. The summed E-state index contributed by atoms with van der Waals surface area (Å²) < 4.78 is 0. The molecular formula is C20H30N4O2. The van der Waals surface area contributed by atoms with E-state index in [0.29, 0.717) is 17.6 Å². The number of aliphatic hydroxyl groups excluding tert-OH is 1. The molecule has 0 radical (unpaired) electrons. The number of nitrogens with two attached hydrogens (primary N) is 1. The van der Waals surface area contributed by atoms with Gasteiger partial charge in [0.2, 0.25) is 5.91 Å². The number of aromatic nitrogens is 1. The van der Waals surface area contributed by atoms with Crippen LogP contribution in [0.5, 0.6) is 0 Å². The van der Waals surface area contributed by atoms with Crippen molar-refractivity contribution in [3.8, 4) is 0 Å². The van der Waals surface area contributed by atoms with E-state index in [1.807, 2.05) is 13.0 Å². The Morgan fingerprint density at radius 1 is 1.15 bits per heavy atom. The number of piperidine rings is 1. The van der Waals surface area contributed by atoms with Gasteiger partial charge in [0.05, 0.1) is 23.4 Å². The highest BCUT2D eigenvalue weighted by Gasteiger charge is 2.50. The quantitative estimate of drug-likeness (QED) is 0.846. The summed E-state index contributed by atoms with van der Waals surface area (Å²) in [5.41, 5.74) is 7.44. The number of nitrogens with zero attached hydrogens (tertiary/aromatic N) is 3. The summed E-state index contributed by atoms with van der Waals surface area (Å²) in [4.78, 5) is 22.2. The average Bonchev–Trinajstić information content (AvgIpc) is 2.94. The third-order valence-corrected chi connectivity index (χ3v) is 6.74. The summed E-state index contributed by atoms with van der Waals surface area (Å²) in [5, 5.41) is 9.73. The van der Waals surface area contributed by atoms with Crippen LogP contribution in [0.15, 0.2) is 12.3 Å². The first kappa shape index (κ1) is 17.6. The Labute approximate surface area is 155 Å². The molecule has 0 bridgehead atoms. The third kappa shape index (κ3) is 3.04. The SMILES string of the molecule is Cc1cc(N)cnc1N1CCC2(CC1)CCN(C1CCC(O)CC1)C2=O. The molecule has 3 heterocycles. The van der Waals surface area contributed by atoms with Crippen LogP contribution >= 0.6 is 0 Å². The summed E-state index contributed by atoms with van der Waals surface area (Å²) in [7, 11) is 0. The smallest absolute Gasteiger partial charge is 0.229 e. The Hall–Kier alpha value is -1.82. The molecule has 6 nitrogen and oxygen atoms in total. The zero-order valence-corrected chi connectivity index (χ0v) is 15.7. The number of amides is 1. The first-order chi connectivity index (χ1) is 12.5. The fourth-order valence-corrected chi connectivity index (χ4v) is 5.10. The summed E-state index contributed by atoms with van der Waals surface area (Å²) in [6.45, 7) is 4.68. The Morgan fingerprint density at radius 3 is 2.46 bits per heavy atom. The van der Waals surface area contributed by atoms with E-state index in [-0.39, 0.29) is 11.5 Å². The van der Waals surface area contributed by atoms with Gasteiger partial charge in [-0.25, -0.2) is 4.98 Å². The molecule has 2 saturated heterocycles. The molecule has 26 heavy (non-hydrogen) atoms. The minimum absolute atomic E-state index is 0.170. The number of likely N-dealkylation sites (tertiary alicyclic amines) is 1. The number of anilines is 2. The van der Waals surface area contributed by atoms with E-state index in [9.17, 15) is 9.90 Å². The second kappa shape index (κ2) is 6.72. The molecule has 4 rings (SSSR count). The fraction of sp³-hybridized carbons (Fsp3) is 0.700. The largest absolute Gasteiger partial charge is 0.397 e. The first-order valence-corrected chi connectivity index (χ1v) is 9.95.